The number of hydroxylamine groups is 1. The van der Waals surface area contributed by atoms with E-state index in [9.17, 15) is 24.0 Å². The fourth-order valence-corrected chi connectivity index (χ4v) is 10.1. The molecule has 6 aliphatic rings. The van der Waals surface area contributed by atoms with Crippen LogP contribution in [0.4, 0.5) is 9.59 Å². The molecule has 0 bridgehead atoms. The number of aryl methyl sites for hydroxylation is 3. The van der Waals surface area contributed by atoms with Crippen molar-refractivity contribution in [3.8, 4) is 17.2 Å². The number of piperidine rings is 3. The molecule has 3 aromatic rings. The van der Waals surface area contributed by atoms with Crippen molar-refractivity contribution >= 4 is 29.9 Å². The summed E-state index contributed by atoms with van der Waals surface area (Å²) < 4.78 is 28.6. The molecule has 0 unspecified atom stereocenters. The summed E-state index contributed by atoms with van der Waals surface area (Å²) in [5.41, 5.74) is 5.49. The summed E-state index contributed by atoms with van der Waals surface area (Å²) in [5.74, 6) is 0.698. The van der Waals surface area contributed by atoms with Crippen molar-refractivity contribution in [2.24, 2.45) is 0 Å². The first-order valence-corrected chi connectivity index (χ1v) is 23.3. The Morgan fingerprint density at radius 2 is 0.896 bits per heavy atom. The molecular formula is C50H66N6O11. The van der Waals surface area contributed by atoms with Gasteiger partial charge in [-0.15, -0.1) is 0 Å². The van der Waals surface area contributed by atoms with Gasteiger partial charge in [-0.1, -0.05) is 36.4 Å². The number of urea groups is 2. The average Bonchev–Trinajstić information content (AvgIpc) is 3.35. The van der Waals surface area contributed by atoms with E-state index in [4.69, 9.17) is 28.9 Å². The molecule has 362 valence electrons. The number of nitrogens with one attached hydrogen (secondary N) is 2. The highest BCUT2D eigenvalue weighted by molar-refractivity contribution is 5.97. The van der Waals surface area contributed by atoms with Crippen LogP contribution >= 0.6 is 0 Å². The Kier molecular flexibility index (Phi) is 15.2. The minimum Gasteiger partial charge on any atom is -0.486 e. The Labute approximate surface area is 392 Å². The Bertz CT molecular complexity index is 2180. The first-order chi connectivity index (χ1) is 32.2. The number of rotatable bonds is 3. The van der Waals surface area contributed by atoms with Gasteiger partial charge in [0.05, 0.1) is 19.8 Å². The lowest BCUT2D eigenvalue weighted by molar-refractivity contribution is -0.00913. The van der Waals surface area contributed by atoms with Crippen LogP contribution in [0.5, 0.6) is 17.2 Å². The van der Waals surface area contributed by atoms with Crippen LogP contribution in [-0.4, -0.2) is 153 Å². The highest BCUT2D eigenvalue weighted by Crippen LogP contribution is 2.44. The molecule has 67 heavy (non-hydrogen) atoms. The minimum atomic E-state index is -0.566. The summed E-state index contributed by atoms with van der Waals surface area (Å²) in [6.07, 6.45) is 10.5. The number of hydrogen-bond donors (Lipinski definition) is 3. The second-order valence-corrected chi connectivity index (χ2v) is 18.7. The number of hydrogen-bond acceptors (Lipinski definition) is 12. The van der Waals surface area contributed by atoms with Gasteiger partial charge < -0.3 is 48.6 Å². The van der Waals surface area contributed by atoms with Crippen LogP contribution in [0.15, 0.2) is 54.6 Å². The van der Waals surface area contributed by atoms with Crippen LogP contribution in [0.1, 0.15) is 106 Å². The van der Waals surface area contributed by atoms with Gasteiger partial charge in [-0.05, 0) is 99.3 Å². The molecule has 3 N–H and O–H groups in total. The van der Waals surface area contributed by atoms with Gasteiger partial charge in [-0.3, -0.25) is 10.0 Å². The number of carbonyl (C=O) groups excluding carboxylic acids is 5. The van der Waals surface area contributed by atoms with E-state index in [2.05, 4.69) is 5.32 Å². The Morgan fingerprint density at radius 1 is 0.552 bits per heavy atom. The fourth-order valence-electron chi connectivity index (χ4n) is 10.1. The topological polar surface area (TPSA) is 189 Å². The first kappa shape index (κ1) is 48.9. The molecule has 3 saturated heterocycles. The quantitative estimate of drug-likeness (QED) is 0.161. The number of carbonyl (C=O) groups is 5. The van der Waals surface area contributed by atoms with Gasteiger partial charge in [0.1, 0.15) is 45.2 Å². The number of nitrogens with zero attached hydrogens (tertiary/aromatic N) is 4. The van der Waals surface area contributed by atoms with E-state index in [1.165, 1.54) is 14.2 Å². The van der Waals surface area contributed by atoms with Crippen molar-refractivity contribution in [3.63, 3.8) is 0 Å². The maximum Gasteiger partial charge on any atom is 0.341 e. The van der Waals surface area contributed by atoms with Crippen LogP contribution in [-0.2, 0) is 28.7 Å². The second-order valence-electron chi connectivity index (χ2n) is 18.7. The van der Waals surface area contributed by atoms with Crippen molar-refractivity contribution in [3.05, 3.63) is 88.0 Å². The van der Waals surface area contributed by atoms with Crippen LogP contribution in [0.25, 0.3) is 0 Å². The van der Waals surface area contributed by atoms with Crippen LogP contribution in [0.3, 0.4) is 0 Å². The maximum absolute atomic E-state index is 12.1. The summed E-state index contributed by atoms with van der Waals surface area (Å²) in [5, 5.41) is 12.3. The van der Waals surface area contributed by atoms with Crippen molar-refractivity contribution < 1.29 is 52.9 Å². The normalized spacial score (nSPS) is 19.1. The maximum atomic E-state index is 12.1. The third-order valence-electron chi connectivity index (χ3n) is 14.1. The molecule has 0 saturated carbocycles. The van der Waals surface area contributed by atoms with Gasteiger partial charge >= 0.3 is 24.0 Å². The Hall–Kier alpha value is -6.07. The SMILES string of the molecule is CN(C)C(=O)N1CCC2(CCc3cccc(C(=O)NO)c3O2)CC1.COC(=O)c1cccc2c1OC1(CC2)CCN(C(=O)N(C)C)CC1.COC(=O)c1cccc2c1OC1(CCNCC1)CC2. The number of benzene rings is 3. The Morgan fingerprint density at radius 3 is 1.24 bits per heavy atom. The zero-order valence-electron chi connectivity index (χ0n) is 39.7. The summed E-state index contributed by atoms with van der Waals surface area (Å²) in [6.45, 7) is 4.59. The predicted octanol–water partition coefficient (Wildman–Crippen LogP) is 5.88. The lowest BCUT2D eigenvalue weighted by atomic mass is 9.82. The predicted molar refractivity (Wildman–Crippen MR) is 248 cm³/mol. The van der Waals surface area contributed by atoms with E-state index in [1.807, 2.05) is 40.1 Å². The van der Waals surface area contributed by atoms with Crippen LogP contribution in [0, 0.1) is 0 Å². The summed E-state index contributed by atoms with van der Waals surface area (Å²) in [7, 11) is 9.82. The minimum absolute atomic E-state index is 0.0152. The molecule has 0 radical (unpaired) electrons. The van der Waals surface area contributed by atoms with E-state index in [-0.39, 0.29) is 40.8 Å². The smallest absolute Gasteiger partial charge is 0.341 e. The van der Waals surface area contributed by atoms with E-state index in [0.29, 0.717) is 54.4 Å². The van der Waals surface area contributed by atoms with E-state index in [1.54, 1.807) is 67.7 Å². The van der Waals surface area contributed by atoms with Crippen molar-refractivity contribution in [1.82, 2.24) is 30.4 Å². The van der Waals surface area contributed by atoms with Gasteiger partial charge in [-0.25, -0.2) is 24.7 Å². The molecule has 3 fully saturated rings. The molecule has 3 spiro atoms. The van der Waals surface area contributed by atoms with Crippen molar-refractivity contribution in [2.45, 2.75) is 93.9 Å². The molecule has 0 aliphatic carbocycles. The lowest BCUT2D eigenvalue weighted by Gasteiger charge is -2.45. The van der Waals surface area contributed by atoms with Gasteiger partial charge in [0.25, 0.3) is 5.91 Å². The lowest BCUT2D eigenvalue weighted by Crippen LogP contribution is -2.53. The fraction of sp³-hybridized carbons (Fsp3) is 0.540. The van der Waals surface area contributed by atoms with Gasteiger partial charge in [-0.2, -0.15) is 0 Å². The average molecular weight is 927 g/mol. The molecule has 6 heterocycles. The number of likely N-dealkylation sites (tertiary alicyclic amines) is 2. The number of para-hydroxylation sites is 3. The standard InChI is InChI=1S/C18H24N2O4.C17H23N3O4.C15H19NO3/c1-19(2)17(22)20-11-9-18(10-12-20)8-7-13-5-4-6-14(15(13)24-18)16(21)23-3;1-19(2)16(22)20-10-8-17(9-11-20)7-6-12-4-3-5-13(14(12)24-17)15(21)18-23;1-18-14(17)12-4-2-3-11-5-6-15(19-13(11)12)7-9-16-10-8-15/h4-6H,7-12H2,1-3H3;3-5,23H,6-11H2,1-2H3,(H,18,21);2-4,16H,5-10H2,1H3. The highest BCUT2D eigenvalue weighted by atomic mass is 16.5. The van der Waals surface area contributed by atoms with Gasteiger partial charge in [0, 0.05) is 80.1 Å². The molecule has 0 atom stereocenters. The number of esters is 2. The van der Waals surface area contributed by atoms with Crippen LogP contribution < -0.4 is 25.0 Å². The zero-order chi connectivity index (χ0) is 47.9. The third-order valence-corrected chi connectivity index (χ3v) is 14.1. The summed E-state index contributed by atoms with van der Waals surface area (Å²) in [4.78, 5) is 66.8. The molecule has 0 aromatic heterocycles. The largest absolute Gasteiger partial charge is 0.486 e. The van der Waals surface area contributed by atoms with E-state index in [0.717, 1.165) is 113 Å². The number of amides is 5. The van der Waals surface area contributed by atoms with Gasteiger partial charge in [0.2, 0.25) is 0 Å². The zero-order valence-corrected chi connectivity index (χ0v) is 39.7. The highest BCUT2D eigenvalue weighted by Gasteiger charge is 2.44. The summed E-state index contributed by atoms with van der Waals surface area (Å²) >= 11 is 0. The van der Waals surface area contributed by atoms with Gasteiger partial charge in [0.15, 0.2) is 0 Å². The van der Waals surface area contributed by atoms with E-state index < -0.39 is 5.91 Å². The van der Waals surface area contributed by atoms with E-state index >= 15 is 0 Å². The molecule has 17 heteroatoms. The molecule has 6 aliphatic heterocycles. The number of fused-ring (bicyclic) bond motifs is 3. The van der Waals surface area contributed by atoms with Crippen LogP contribution in [0.2, 0.25) is 0 Å². The molecule has 5 amide bonds. The molecular weight excluding hydrogens is 861 g/mol. The monoisotopic (exact) mass is 926 g/mol. The molecule has 9 rings (SSSR count). The first-order valence-electron chi connectivity index (χ1n) is 23.3. The number of methoxy groups -OCH3 is 2. The third kappa shape index (κ3) is 10.7. The Balaban J connectivity index is 0.000000150. The number of ether oxygens (including phenoxy) is 5. The second kappa shape index (κ2) is 20.8. The molecule has 3 aromatic carbocycles. The molecule has 17 nitrogen and oxygen atoms in total. The van der Waals surface area contributed by atoms with Crippen molar-refractivity contribution in [2.75, 3.05) is 81.7 Å². The summed E-state index contributed by atoms with van der Waals surface area (Å²) in [6, 6.07) is 16.8. The van der Waals surface area contributed by atoms with Crippen molar-refractivity contribution in [1.29, 1.82) is 0 Å².